The van der Waals surface area contributed by atoms with Crippen LogP contribution >= 0.6 is 0 Å². The Morgan fingerprint density at radius 2 is 1.80 bits per heavy atom. The van der Waals surface area contributed by atoms with Crippen molar-refractivity contribution >= 4 is 5.69 Å². The minimum Gasteiger partial charge on any atom is -0.488 e. The molecule has 0 atom stereocenters. The molecule has 1 saturated carbocycles. The van der Waals surface area contributed by atoms with Gasteiger partial charge in [0.1, 0.15) is 5.75 Å². The maximum absolute atomic E-state index is 13.8. The Kier molecular flexibility index (Phi) is 4.73. The summed E-state index contributed by atoms with van der Waals surface area (Å²) in [4.78, 5) is 0. The number of halogens is 1. The number of benzene rings is 1. The highest BCUT2D eigenvalue weighted by atomic mass is 19.1. The number of ether oxygens (including phenoxy) is 2. The molecule has 3 nitrogen and oxygen atoms in total. The predicted octanol–water partition coefficient (Wildman–Crippen LogP) is 4.15. The molecule has 1 aliphatic carbocycles. The van der Waals surface area contributed by atoms with Crippen molar-refractivity contribution in [1.29, 1.82) is 0 Å². The van der Waals surface area contributed by atoms with Gasteiger partial charge in [0.25, 0.3) is 0 Å². The van der Waals surface area contributed by atoms with Crippen molar-refractivity contribution in [3.05, 3.63) is 17.9 Å². The predicted molar refractivity (Wildman–Crippen MR) is 78.6 cm³/mol. The SMILES string of the molecule is CC1CCC(Oc2cc(OC(C)C)c(F)cc2N)CC1. The second kappa shape index (κ2) is 6.33. The monoisotopic (exact) mass is 281 g/mol. The van der Waals surface area contributed by atoms with Gasteiger partial charge in [0.15, 0.2) is 11.6 Å². The van der Waals surface area contributed by atoms with Crippen molar-refractivity contribution < 1.29 is 13.9 Å². The summed E-state index contributed by atoms with van der Waals surface area (Å²) in [5, 5.41) is 0. The third kappa shape index (κ3) is 3.78. The lowest BCUT2D eigenvalue weighted by molar-refractivity contribution is 0.135. The third-order valence-electron chi connectivity index (χ3n) is 3.68. The second-order valence-corrected chi connectivity index (χ2v) is 5.99. The Hall–Kier alpha value is -1.45. The van der Waals surface area contributed by atoms with Gasteiger partial charge in [-0.3, -0.25) is 0 Å². The van der Waals surface area contributed by atoms with E-state index in [1.807, 2.05) is 13.8 Å². The van der Waals surface area contributed by atoms with E-state index in [0.29, 0.717) is 11.4 Å². The molecule has 2 rings (SSSR count). The Labute approximate surface area is 120 Å². The van der Waals surface area contributed by atoms with E-state index in [1.165, 1.54) is 18.9 Å². The van der Waals surface area contributed by atoms with Crippen LogP contribution in [0.25, 0.3) is 0 Å². The number of hydrogen-bond donors (Lipinski definition) is 1. The fourth-order valence-electron chi connectivity index (χ4n) is 2.52. The van der Waals surface area contributed by atoms with Gasteiger partial charge < -0.3 is 15.2 Å². The van der Waals surface area contributed by atoms with E-state index in [-0.39, 0.29) is 18.0 Å². The van der Waals surface area contributed by atoms with Crippen LogP contribution in [0.15, 0.2) is 12.1 Å². The minimum atomic E-state index is -0.444. The van der Waals surface area contributed by atoms with Crippen LogP contribution in [0.3, 0.4) is 0 Å². The topological polar surface area (TPSA) is 44.5 Å². The fourth-order valence-corrected chi connectivity index (χ4v) is 2.52. The lowest BCUT2D eigenvalue weighted by Crippen LogP contribution is -2.23. The standard InChI is InChI=1S/C16H24FNO2/c1-10(2)19-15-9-16(14(18)8-13(15)17)20-12-6-4-11(3)5-7-12/h8-12H,4-7,18H2,1-3H3. The summed E-state index contributed by atoms with van der Waals surface area (Å²) >= 11 is 0. The zero-order valence-corrected chi connectivity index (χ0v) is 12.5. The van der Waals surface area contributed by atoms with Crippen molar-refractivity contribution in [1.82, 2.24) is 0 Å². The first-order valence-corrected chi connectivity index (χ1v) is 7.38. The Bertz CT molecular complexity index is 454. The zero-order valence-electron chi connectivity index (χ0n) is 12.5. The first-order valence-electron chi connectivity index (χ1n) is 7.38. The number of hydrogen-bond acceptors (Lipinski definition) is 3. The van der Waals surface area contributed by atoms with Crippen LogP contribution in [0.2, 0.25) is 0 Å². The van der Waals surface area contributed by atoms with Gasteiger partial charge in [-0.2, -0.15) is 0 Å². The van der Waals surface area contributed by atoms with Gasteiger partial charge in [-0.05, 0) is 45.4 Å². The molecule has 20 heavy (non-hydrogen) atoms. The third-order valence-corrected chi connectivity index (χ3v) is 3.68. The quantitative estimate of drug-likeness (QED) is 0.843. The van der Waals surface area contributed by atoms with E-state index >= 15 is 0 Å². The molecule has 112 valence electrons. The van der Waals surface area contributed by atoms with Gasteiger partial charge in [0, 0.05) is 12.1 Å². The average Bonchev–Trinajstić information content (AvgIpc) is 2.37. The summed E-state index contributed by atoms with van der Waals surface area (Å²) in [6.07, 6.45) is 4.47. The van der Waals surface area contributed by atoms with Crippen molar-refractivity contribution in [2.24, 2.45) is 5.92 Å². The minimum absolute atomic E-state index is 0.0866. The van der Waals surface area contributed by atoms with Crippen LogP contribution in [-0.2, 0) is 0 Å². The molecule has 0 unspecified atom stereocenters. The highest BCUT2D eigenvalue weighted by molar-refractivity contribution is 5.56. The molecule has 0 amide bonds. The average molecular weight is 281 g/mol. The van der Waals surface area contributed by atoms with Gasteiger partial charge >= 0.3 is 0 Å². The van der Waals surface area contributed by atoms with Crippen LogP contribution in [0, 0.1) is 11.7 Å². The summed E-state index contributed by atoms with van der Waals surface area (Å²) in [5.41, 5.74) is 6.18. The maximum Gasteiger partial charge on any atom is 0.167 e. The Balaban J connectivity index is 2.10. The summed E-state index contributed by atoms with van der Waals surface area (Å²) in [7, 11) is 0. The molecule has 0 bridgehead atoms. The number of anilines is 1. The molecule has 1 aromatic carbocycles. The van der Waals surface area contributed by atoms with Gasteiger partial charge in [-0.1, -0.05) is 6.92 Å². The van der Waals surface area contributed by atoms with E-state index in [1.54, 1.807) is 6.07 Å². The summed E-state index contributed by atoms with van der Waals surface area (Å²) in [6.45, 7) is 5.98. The summed E-state index contributed by atoms with van der Waals surface area (Å²) in [6, 6.07) is 2.85. The van der Waals surface area contributed by atoms with Gasteiger partial charge in [-0.15, -0.1) is 0 Å². The molecule has 0 heterocycles. The molecule has 0 aliphatic heterocycles. The van der Waals surface area contributed by atoms with Crippen LogP contribution in [-0.4, -0.2) is 12.2 Å². The van der Waals surface area contributed by atoms with Crippen LogP contribution < -0.4 is 15.2 Å². The Morgan fingerprint density at radius 1 is 1.15 bits per heavy atom. The number of nitrogens with two attached hydrogens (primary N) is 1. The normalized spacial score (nSPS) is 22.9. The summed E-state index contributed by atoms with van der Waals surface area (Å²) < 4.78 is 25.1. The highest BCUT2D eigenvalue weighted by Gasteiger charge is 2.21. The van der Waals surface area contributed by atoms with E-state index in [2.05, 4.69) is 6.92 Å². The molecule has 0 spiro atoms. The molecule has 2 N–H and O–H groups in total. The zero-order chi connectivity index (χ0) is 14.7. The van der Waals surface area contributed by atoms with Crippen molar-refractivity contribution in [2.75, 3.05) is 5.73 Å². The lowest BCUT2D eigenvalue weighted by Gasteiger charge is -2.27. The molecule has 0 radical (unpaired) electrons. The van der Waals surface area contributed by atoms with E-state index < -0.39 is 5.82 Å². The van der Waals surface area contributed by atoms with E-state index in [4.69, 9.17) is 15.2 Å². The van der Waals surface area contributed by atoms with Crippen molar-refractivity contribution in [3.8, 4) is 11.5 Å². The fraction of sp³-hybridized carbons (Fsp3) is 0.625. The van der Waals surface area contributed by atoms with E-state index in [9.17, 15) is 4.39 Å². The molecular weight excluding hydrogens is 257 g/mol. The second-order valence-electron chi connectivity index (χ2n) is 5.99. The molecule has 1 fully saturated rings. The molecule has 0 saturated heterocycles. The number of rotatable bonds is 4. The smallest absolute Gasteiger partial charge is 0.167 e. The van der Waals surface area contributed by atoms with Crippen LogP contribution in [0.5, 0.6) is 11.5 Å². The first-order chi connectivity index (χ1) is 9.45. The lowest BCUT2D eigenvalue weighted by atomic mass is 9.89. The maximum atomic E-state index is 13.8. The number of nitrogen functional groups attached to an aromatic ring is 1. The Morgan fingerprint density at radius 3 is 2.40 bits per heavy atom. The largest absolute Gasteiger partial charge is 0.488 e. The molecular formula is C16H24FNO2. The van der Waals surface area contributed by atoms with Crippen molar-refractivity contribution in [3.63, 3.8) is 0 Å². The molecule has 0 aromatic heterocycles. The van der Waals surface area contributed by atoms with Gasteiger partial charge in [0.2, 0.25) is 0 Å². The van der Waals surface area contributed by atoms with Crippen molar-refractivity contribution in [2.45, 2.75) is 58.7 Å². The van der Waals surface area contributed by atoms with Gasteiger partial charge in [-0.25, -0.2) is 4.39 Å². The van der Waals surface area contributed by atoms with Crippen LogP contribution in [0.4, 0.5) is 10.1 Å². The highest BCUT2D eigenvalue weighted by Crippen LogP contribution is 2.34. The molecule has 4 heteroatoms. The van der Waals surface area contributed by atoms with E-state index in [0.717, 1.165) is 18.8 Å². The first kappa shape index (κ1) is 14.9. The molecule has 1 aliphatic rings. The van der Waals surface area contributed by atoms with Gasteiger partial charge in [0.05, 0.1) is 17.9 Å². The van der Waals surface area contributed by atoms with Crippen LogP contribution in [0.1, 0.15) is 46.5 Å². The summed E-state index contributed by atoms with van der Waals surface area (Å²) in [5.74, 6) is 1.05. The molecule has 1 aromatic rings.